The highest BCUT2D eigenvalue weighted by Gasteiger charge is 2.12. The van der Waals surface area contributed by atoms with E-state index in [1.54, 1.807) is 12.1 Å². The fraction of sp³-hybridized carbons (Fsp3) is 0.150. The quantitative estimate of drug-likeness (QED) is 0.727. The summed E-state index contributed by atoms with van der Waals surface area (Å²) < 4.78 is 39.3. The summed E-state index contributed by atoms with van der Waals surface area (Å²) >= 11 is 0. The second-order valence-electron chi connectivity index (χ2n) is 5.88. The second-order valence-corrected chi connectivity index (χ2v) is 5.88. The van der Waals surface area contributed by atoms with Crippen molar-refractivity contribution in [2.75, 3.05) is 5.32 Å². The van der Waals surface area contributed by atoms with Gasteiger partial charge in [-0.05, 0) is 48.4 Å². The first-order valence-corrected chi connectivity index (χ1v) is 8.32. The van der Waals surface area contributed by atoms with Crippen LogP contribution < -0.4 is 5.32 Å². The molecule has 0 spiro atoms. The van der Waals surface area contributed by atoms with Crippen LogP contribution in [0, 0.1) is 17.5 Å². The molecule has 0 radical (unpaired) electrons. The van der Waals surface area contributed by atoms with E-state index in [-0.39, 0.29) is 12.2 Å². The highest BCUT2D eigenvalue weighted by atomic mass is 19.2. The van der Waals surface area contributed by atoms with Gasteiger partial charge in [0.1, 0.15) is 5.82 Å². The van der Waals surface area contributed by atoms with Gasteiger partial charge in [-0.1, -0.05) is 13.0 Å². The third-order valence-electron chi connectivity index (χ3n) is 3.93. The van der Waals surface area contributed by atoms with Gasteiger partial charge in [0.05, 0.1) is 24.0 Å². The summed E-state index contributed by atoms with van der Waals surface area (Å²) in [5.41, 5.74) is 2.18. The van der Waals surface area contributed by atoms with E-state index in [2.05, 4.69) is 15.3 Å². The van der Waals surface area contributed by atoms with Crippen molar-refractivity contribution in [1.82, 2.24) is 9.97 Å². The third kappa shape index (κ3) is 4.49. The summed E-state index contributed by atoms with van der Waals surface area (Å²) in [5, 5.41) is 2.64. The van der Waals surface area contributed by atoms with Gasteiger partial charge in [-0.3, -0.25) is 4.79 Å². The molecule has 0 fully saturated rings. The van der Waals surface area contributed by atoms with E-state index in [4.69, 9.17) is 0 Å². The summed E-state index contributed by atoms with van der Waals surface area (Å²) in [7, 11) is 0. The summed E-state index contributed by atoms with van der Waals surface area (Å²) in [4.78, 5) is 20.9. The number of carbonyl (C=O) groups excluding carboxylic acids is 1. The van der Waals surface area contributed by atoms with Crippen molar-refractivity contribution in [2.45, 2.75) is 19.8 Å². The van der Waals surface area contributed by atoms with E-state index in [9.17, 15) is 18.0 Å². The number of anilines is 1. The number of rotatable bonds is 5. The lowest BCUT2D eigenvalue weighted by Crippen LogP contribution is -2.17. The zero-order valence-corrected chi connectivity index (χ0v) is 14.5. The normalized spacial score (nSPS) is 10.7. The van der Waals surface area contributed by atoms with Crippen molar-refractivity contribution >= 4 is 11.7 Å². The van der Waals surface area contributed by atoms with Gasteiger partial charge >= 0.3 is 0 Å². The number of hydrogen-bond acceptors (Lipinski definition) is 3. The average Bonchev–Trinajstić information content (AvgIpc) is 2.65. The van der Waals surface area contributed by atoms with Crippen LogP contribution in [-0.4, -0.2) is 15.9 Å². The minimum Gasteiger partial charge on any atom is -0.309 e. The number of amides is 1. The van der Waals surface area contributed by atoms with Crippen molar-refractivity contribution < 1.29 is 18.0 Å². The van der Waals surface area contributed by atoms with Crippen LogP contribution in [0.4, 0.5) is 19.0 Å². The number of carbonyl (C=O) groups is 1. The molecule has 0 aliphatic heterocycles. The topological polar surface area (TPSA) is 54.9 Å². The molecule has 1 aromatic heterocycles. The molecule has 2 aromatic carbocycles. The maximum Gasteiger partial charge on any atom is 0.229 e. The van der Waals surface area contributed by atoms with Crippen LogP contribution >= 0.6 is 0 Å². The summed E-state index contributed by atoms with van der Waals surface area (Å²) in [6.07, 6.45) is 1.88. The lowest BCUT2D eigenvalue weighted by atomic mass is 10.1. The molecule has 3 aromatic rings. The fourth-order valence-corrected chi connectivity index (χ4v) is 2.55. The predicted molar refractivity (Wildman–Crippen MR) is 95.5 cm³/mol. The van der Waals surface area contributed by atoms with Crippen LogP contribution in [0.15, 0.2) is 48.7 Å². The standard InChI is InChI=1S/C20H16F3N3O/c1-2-17-20(24-11-18(25-17)13-4-6-14(21)7-5-13)26-19(27)10-12-3-8-15(22)16(23)9-12/h3-9,11H,2,10H2,1H3,(H,24,26,27). The van der Waals surface area contributed by atoms with Crippen molar-refractivity contribution in [2.24, 2.45) is 0 Å². The molecule has 0 aliphatic carbocycles. The lowest BCUT2D eigenvalue weighted by Gasteiger charge is -2.10. The molecule has 1 heterocycles. The first kappa shape index (κ1) is 18.6. The Morgan fingerprint density at radius 1 is 1.04 bits per heavy atom. The van der Waals surface area contributed by atoms with E-state index in [0.717, 1.165) is 12.1 Å². The molecule has 0 saturated carbocycles. The van der Waals surface area contributed by atoms with Gasteiger partial charge < -0.3 is 5.32 Å². The largest absolute Gasteiger partial charge is 0.309 e. The van der Waals surface area contributed by atoms with Crippen LogP contribution in [0.1, 0.15) is 18.2 Å². The molecule has 138 valence electrons. The van der Waals surface area contributed by atoms with E-state index in [0.29, 0.717) is 34.8 Å². The highest BCUT2D eigenvalue weighted by Crippen LogP contribution is 2.20. The second kappa shape index (κ2) is 7.99. The number of halogens is 3. The molecule has 3 rings (SSSR count). The SMILES string of the molecule is CCc1nc(-c2ccc(F)cc2)cnc1NC(=O)Cc1ccc(F)c(F)c1. The maximum atomic E-state index is 13.3. The average molecular weight is 371 g/mol. The van der Waals surface area contributed by atoms with Crippen molar-refractivity contribution in [3.63, 3.8) is 0 Å². The van der Waals surface area contributed by atoms with Crippen LogP contribution in [0.3, 0.4) is 0 Å². The molecule has 0 saturated heterocycles. The van der Waals surface area contributed by atoms with E-state index >= 15 is 0 Å². The predicted octanol–water partition coefficient (Wildman–Crippen LogP) is 4.30. The molecule has 4 nitrogen and oxygen atoms in total. The number of nitrogens with one attached hydrogen (secondary N) is 1. The van der Waals surface area contributed by atoms with Gasteiger partial charge in [0, 0.05) is 5.56 Å². The Morgan fingerprint density at radius 2 is 1.78 bits per heavy atom. The molecular weight excluding hydrogens is 355 g/mol. The molecule has 0 atom stereocenters. The number of aromatic nitrogens is 2. The third-order valence-corrected chi connectivity index (χ3v) is 3.93. The fourth-order valence-electron chi connectivity index (χ4n) is 2.55. The highest BCUT2D eigenvalue weighted by molar-refractivity contribution is 5.91. The number of hydrogen-bond donors (Lipinski definition) is 1. The molecular formula is C20H16F3N3O. The zero-order valence-electron chi connectivity index (χ0n) is 14.5. The number of nitrogens with zero attached hydrogens (tertiary/aromatic N) is 2. The number of benzene rings is 2. The molecule has 27 heavy (non-hydrogen) atoms. The Morgan fingerprint density at radius 3 is 2.44 bits per heavy atom. The van der Waals surface area contributed by atoms with E-state index in [1.807, 2.05) is 6.92 Å². The monoisotopic (exact) mass is 371 g/mol. The number of aryl methyl sites for hydroxylation is 1. The van der Waals surface area contributed by atoms with Gasteiger partial charge in [-0.15, -0.1) is 0 Å². The minimum absolute atomic E-state index is 0.123. The van der Waals surface area contributed by atoms with Crippen LogP contribution in [0.2, 0.25) is 0 Å². The van der Waals surface area contributed by atoms with Gasteiger partial charge in [0.25, 0.3) is 0 Å². The van der Waals surface area contributed by atoms with Crippen molar-refractivity contribution in [1.29, 1.82) is 0 Å². The van der Waals surface area contributed by atoms with Crippen LogP contribution in [0.25, 0.3) is 11.3 Å². The zero-order chi connectivity index (χ0) is 19.4. The van der Waals surface area contributed by atoms with Crippen molar-refractivity contribution in [3.05, 3.63) is 77.4 Å². The van der Waals surface area contributed by atoms with Gasteiger partial charge in [0.2, 0.25) is 5.91 Å². The Hall–Kier alpha value is -3.22. The van der Waals surface area contributed by atoms with Gasteiger partial charge in [-0.2, -0.15) is 0 Å². The molecule has 7 heteroatoms. The Bertz CT molecular complexity index is 975. The molecule has 1 N–H and O–H groups in total. The van der Waals surface area contributed by atoms with Crippen LogP contribution in [-0.2, 0) is 17.6 Å². The Kier molecular flexibility index (Phi) is 5.49. The Labute approximate surface area is 154 Å². The summed E-state index contributed by atoms with van der Waals surface area (Å²) in [5.74, 6) is -2.42. The maximum absolute atomic E-state index is 13.3. The Balaban J connectivity index is 1.76. The smallest absolute Gasteiger partial charge is 0.229 e. The van der Waals surface area contributed by atoms with E-state index in [1.165, 1.54) is 24.4 Å². The van der Waals surface area contributed by atoms with Crippen LogP contribution in [0.5, 0.6) is 0 Å². The van der Waals surface area contributed by atoms with Gasteiger partial charge in [0.15, 0.2) is 17.5 Å². The molecule has 1 amide bonds. The molecule has 0 unspecified atom stereocenters. The van der Waals surface area contributed by atoms with Crippen molar-refractivity contribution in [3.8, 4) is 11.3 Å². The minimum atomic E-state index is -1.00. The van der Waals surface area contributed by atoms with E-state index < -0.39 is 17.5 Å². The summed E-state index contributed by atoms with van der Waals surface area (Å²) in [6, 6.07) is 9.17. The lowest BCUT2D eigenvalue weighted by molar-refractivity contribution is -0.115. The summed E-state index contributed by atoms with van der Waals surface area (Å²) in [6.45, 7) is 1.86. The first-order chi connectivity index (χ1) is 13.0. The molecule has 0 aliphatic rings. The first-order valence-electron chi connectivity index (χ1n) is 8.32. The molecule has 0 bridgehead atoms. The van der Waals surface area contributed by atoms with Gasteiger partial charge in [-0.25, -0.2) is 23.1 Å².